The third-order valence-corrected chi connectivity index (χ3v) is 3.83. The van der Waals surface area contributed by atoms with Crippen molar-refractivity contribution in [3.63, 3.8) is 0 Å². The van der Waals surface area contributed by atoms with E-state index < -0.39 is 0 Å². The van der Waals surface area contributed by atoms with E-state index in [-0.39, 0.29) is 11.6 Å². The number of rotatable bonds is 2. The molecule has 0 aliphatic carbocycles. The van der Waals surface area contributed by atoms with Crippen molar-refractivity contribution in [2.45, 2.75) is 19.8 Å². The first-order valence-corrected chi connectivity index (χ1v) is 6.97. The number of hydrogen-bond donors (Lipinski definition) is 0. The van der Waals surface area contributed by atoms with Gasteiger partial charge in [0.1, 0.15) is 5.00 Å². The zero-order chi connectivity index (χ0) is 13.4. The Morgan fingerprint density at radius 1 is 1.21 bits per heavy atom. The van der Waals surface area contributed by atoms with E-state index in [4.69, 9.17) is 0 Å². The van der Waals surface area contributed by atoms with Crippen molar-refractivity contribution in [2.75, 3.05) is 0 Å². The summed E-state index contributed by atoms with van der Waals surface area (Å²) >= 11 is 1.47. The molecule has 2 heterocycles. The average molecular weight is 271 g/mol. The van der Waals surface area contributed by atoms with Crippen LogP contribution < -0.4 is 5.69 Å². The van der Waals surface area contributed by atoms with E-state index in [0.717, 1.165) is 21.6 Å². The molecule has 0 amide bonds. The molecule has 0 radical (unpaired) electrons. The fourth-order valence-electron chi connectivity index (χ4n) is 2.09. The van der Waals surface area contributed by atoms with E-state index in [1.807, 2.05) is 24.3 Å². The summed E-state index contributed by atoms with van der Waals surface area (Å²) in [6.07, 6.45) is 1.62. The van der Waals surface area contributed by atoms with Crippen LogP contribution in [0.3, 0.4) is 0 Å². The zero-order valence-corrected chi connectivity index (χ0v) is 11.5. The molecule has 0 fully saturated rings. The van der Waals surface area contributed by atoms with Crippen LogP contribution in [0.4, 0.5) is 0 Å². The highest BCUT2D eigenvalue weighted by Crippen LogP contribution is 2.26. The molecule has 3 rings (SSSR count). The third-order valence-electron chi connectivity index (χ3n) is 3.01. The molecule has 0 aliphatic rings. The van der Waals surface area contributed by atoms with E-state index >= 15 is 0 Å². The van der Waals surface area contributed by atoms with Gasteiger partial charge in [-0.15, -0.1) is 11.3 Å². The molecule has 0 saturated heterocycles. The van der Waals surface area contributed by atoms with E-state index in [9.17, 15) is 4.79 Å². The maximum atomic E-state index is 12.1. The molecule has 0 aliphatic heterocycles. The molecule has 0 spiro atoms. The second-order valence-corrected chi connectivity index (χ2v) is 5.47. The second kappa shape index (κ2) is 4.59. The highest BCUT2D eigenvalue weighted by Gasteiger charge is 2.15. The van der Waals surface area contributed by atoms with Gasteiger partial charge >= 0.3 is 5.69 Å². The summed E-state index contributed by atoms with van der Waals surface area (Å²) in [4.78, 5) is 20.5. The smallest absolute Gasteiger partial charge is 0.249 e. The van der Waals surface area contributed by atoms with Gasteiger partial charge in [-0.05, 0) is 12.0 Å². The first-order chi connectivity index (χ1) is 9.18. The molecule has 3 aromatic rings. The minimum Gasteiger partial charge on any atom is -0.249 e. The maximum absolute atomic E-state index is 12.1. The van der Waals surface area contributed by atoms with Crippen LogP contribution in [0.5, 0.6) is 0 Å². The van der Waals surface area contributed by atoms with E-state index in [0.29, 0.717) is 0 Å². The summed E-state index contributed by atoms with van der Waals surface area (Å²) in [6.45, 7) is 4.14. The highest BCUT2D eigenvalue weighted by atomic mass is 32.1. The lowest BCUT2D eigenvalue weighted by molar-refractivity contribution is 0.813. The van der Waals surface area contributed by atoms with Crippen molar-refractivity contribution in [2.24, 2.45) is 0 Å². The molecule has 0 N–H and O–H groups in total. The van der Waals surface area contributed by atoms with Gasteiger partial charge in [-0.3, -0.25) is 0 Å². The van der Waals surface area contributed by atoms with Gasteiger partial charge < -0.3 is 0 Å². The number of benzene rings is 1. The predicted octanol–water partition coefficient (Wildman–Crippen LogP) is 2.97. The Balaban J connectivity index is 2.39. The van der Waals surface area contributed by atoms with E-state index in [2.05, 4.69) is 23.8 Å². The van der Waals surface area contributed by atoms with Crippen LogP contribution in [0.1, 0.15) is 25.5 Å². The monoisotopic (exact) mass is 271 g/mol. The molecular weight excluding hydrogens is 258 g/mol. The quantitative estimate of drug-likeness (QED) is 0.720. The Labute approximate surface area is 114 Å². The van der Waals surface area contributed by atoms with Crippen LogP contribution in [0.15, 0.2) is 40.8 Å². The Morgan fingerprint density at radius 2 is 2.00 bits per heavy atom. The Bertz CT molecular complexity index is 788. The largest absolute Gasteiger partial charge is 0.353 e. The van der Waals surface area contributed by atoms with Crippen molar-refractivity contribution < 1.29 is 0 Å². The first kappa shape index (κ1) is 12.0. The van der Waals surface area contributed by atoms with Crippen molar-refractivity contribution >= 4 is 22.2 Å². The van der Waals surface area contributed by atoms with Crippen LogP contribution in [-0.2, 0) is 0 Å². The van der Waals surface area contributed by atoms with Gasteiger partial charge in [-0.2, -0.15) is 0 Å². The minimum absolute atomic E-state index is 0.259. The average Bonchev–Trinajstić information content (AvgIpc) is 2.87. The molecule has 0 bridgehead atoms. The van der Waals surface area contributed by atoms with Gasteiger partial charge in [0.2, 0.25) is 0 Å². The minimum atomic E-state index is -0.259. The Hall–Kier alpha value is -2.01. The standard InChI is InChI=1S/C14H13N3OS/c1-9(2)12-13(19-8-16-12)17-11-6-4-3-5-10(11)7-15-14(17)18/h3-9H,1-2H3. The lowest BCUT2D eigenvalue weighted by Crippen LogP contribution is -2.21. The summed E-state index contributed by atoms with van der Waals surface area (Å²) in [7, 11) is 0. The van der Waals surface area contributed by atoms with Crippen LogP contribution in [0.2, 0.25) is 0 Å². The summed E-state index contributed by atoms with van der Waals surface area (Å²) in [5, 5.41) is 1.81. The molecule has 19 heavy (non-hydrogen) atoms. The summed E-state index contributed by atoms with van der Waals surface area (Å²) in [6, 6.07) is 7.75. The topological polar surface area (TPSA) is 47.8 Å². The van der Waals surface area contributed by atoms with Gasteiger partial charge in [0.15, 0.2) is 0 Å². The van der Waals surface area contributed by atoms with Gasteiger partial charge in [-0.1, -0.05) is 32.0 Å². The number of nitrogens with zero attached hydrogens (tertiary/aromatic N) is 3. The van der Waals surface area contributed by atoms with Gasteiger partial charge in [-0.25, -0.2) is 19.3 Å². The number of para-hydroxylation sites is 1. The highest BCUT2D eigenvalue weighted by molar-refractivity contribution is 7.12. The molecule has 1 aromatic carbocycles. The Morgan fingerprint density at radius 3 is 2.79 bits per heavy atom. The molecule has 2 aromatic heterocycles. The summed E-state index contributed by atoms with van der Waals surface area (Å²) in [5.41, 5.74) is 3.32. The molecule has 0 unspecified atom stereocenters. The molecule has 5 heteroatoms. The zero-order valence-electron chi connectivity index (χ0n) is 10.7. The normalized spacial score (nSPS) is 11.3. The second-order valence-electron chi connectivity index (χ2n) is 4.63. The van der Waals surface area contributed by atoms with Crippen molar-refractivity contribution in [3.05, 3.63) is 52.2 Å². The molecule has 4 nitrogen and oxygen atoms in total. The van der Waals surface area contributed by atoms with E-state index in [1.54, 1.807) is 16.3 Å². The lowest BCUT2D eigenvalue weighted by Gasteiger charge is -2.10. The fraction of sp³-hybridized carbons (Fsp3) is 0.214. The predicted molar refractivity (Wildman–Crippen MR) is 77.1 cm³/mol. The van der Waals surface area contributed by atoms with Gasteiger partial charge in [0.05, 0.1) is 16.7 Å². The third kappa shape index (κ3) is 1.96. The lowest BCUT2D eigenvalue weighted by atomic mass is 10.1. The Kier molecular flexibility index (Phi) is 2.91. The first-order valence-electron chi connectivity index (χ1n) is 6.09. The summed E-state index contributed by atoms with van der Waals surface area (Å²) < 4.78 is 1.66. The van der Waals surface area contributed by atoms with E-state index in [1.165, 1.54) is 11.3 Å². The number of aromatic nitrogens is 3. The van der Waals surface area contributed by atoms with Crippen molar-refractivity contribution in [1.29, 1.82) is 0 Å². The fourth-order valence-corrected chi connectivity index (χ4v) is 3.05. The van der Waals surface area contributed by atoms with Crippen molar-refractivity contribution in [1.82, 2.24) is 14.5 Å². The van der Waals surface area contributed by atoms with Crippen LogP contribution in [0, 0.1) is 0 Å². The van der Waals surface area contributed by atoms with Crippen LogP contribution in [0.25, 0.3) is 15.9 Å². The maximum Gasteiger partial charge on any atom is 0.353 e. The molecule has 0 atom stereocenters. The number of fused-ring (bicyclic) bond motifs is 1. The summed E-state index contributed by atoms with van der Waals surface area (Å²) in [5.74, 6) is 0.270. The van der Waals surface area contributed by atoms with Crippen LogP contribution >= 0.6 is 11.3 Å². The number of hydrogen-bond acceptors (Lipinski definition) is 4. The van der Waals surface area contributed by atoms with Crippen LogP contribution in [-0.4, -0.2) is 14.5 Å². The number of thiazole rings is 1. The van der Waals surface area contributed by atoms with Crippen molar-refractivity contribution in [3.8, 4) is 5.00 Å². The van der Waals surface area contributed by atoms with Gasteiger partial charge in [0, 0.05) is 11.6 Å². The molecule has 0 saturated carbocycles. The van der Waals surface area contributed by atoms with Gasteiger partial charge in [0.25, 0.3) is 0 Å². The molecular formula is C14H13N3OS. The SMILES string of the molecule is CC(C)c1ncsc1-n1c(=O)ncc2ccccc21. The molecule has 96 valence electrons.